The number of aromatic nitrogens is 4. The van der Waals surface area contributed by atoms with E-state index in [2.05, 4.69) is 46.2 Å². The van der Waals surface area contributed by atoms with Crippen molar-refractivity contribution in [3.63, 3.8) is 0 Å². The second kappa shape index (κ2) is 5.28. The minimum atomic E-state index is 0.330. The van der Waals surface area contributed by atoms with E-state index in [0.717, 1.165) is 11.2 Å². The van der Waals surface area contributed by atoms with Gasteiger partial charge in [0.1, 0.15) is 5.52 Å². The molecule has 0 fully saturated rings. The summed E-state index contributed by atoms with van der Waals surface area (Å²) in [5.74, 6) is 0.628. The largest absolute Gasteiger partial charge is 0.350 e. The van der Waals surface area contributed by atoms with Gasteiger partial charge in [-0.25, -0.2) is 9.97 Å². The number of benzene rings is 1. The first-order chi connectivity index (χ1) is 9.74. The molecule has 102 valence electrons. The van der Waals surface area contributed by atoms with Crippen molar-refractivity contribution in [1.82, 2.24) is 19.5 Å². The molecule has 0 aliphatic rings. The number of hydrogen-bond acceptors (Lipinski definition) is 4. The van der Waals surface area contributed by atoms with Crippen LogP contribution < -0.4 is 5.32 Å². The third kappa shape index (κ3) is 2.47. The highest BCUT2D eigenvalue weighted by Gasteiger charge is 2.08. The monoisotopic (exact) mass is 267 g/mol. The average Bonchev–Trinajstić information content (AvgIpc) is 2.89. The Kier molecular flexibility index (Phi) is 3.33. The topological polar surface area (TPSA) is 55.6 Å². The molecule has 0 aliphatic carbocycles. The zero-order chi connectivity index (χ0) is 13.9. The summed E-state index contributed by atoms with van der Waals surface area (Å²) >= 11 is 0. The summed E-state index contributed by atoms with van der Waals surface area (Å²) in [5.41, 5.74) is 2.89. The maximum Gasteiger partial charge on any atom is 0.225 e. The van der Waals surface area contributed by atoms with Gasteiger partial charge in [-0.2, -0.15) is 4.98 Å². The molecular formula is C15H17N5. The van der Waals surface area contributed by atoms with Crippen molar-refractivity contribution < 1.29 is 0 Å². The molecule has 0 bridgehead atoms. The number of nitrogens with one attached hydrogen (secondary N) is 1. The Morgan fingerprint density at radius 1 is 1.15 bits per heavy atom. The van der Waals surface area contributed by atoms with Crippen LogP contribution >= 0.6 is 0 Å². The summed E-state index contributed by atoms with van der Waals surface area (Å²) < 4.78 is 2.05. The Morgan fingerprint density at radius 3 is 2.70 bits per heavy atom. The van der Waals surface area contributed by atoms with Crippen LogP contribution in [0.15, 0.2) is 42.9 Å². The van der Waals surface area contributed by atoms with Crippen LogP contribution in [0.25, 0.3) is 11.2 Å². The summed E-state index contributed by atoms with van der Waals surface area (Å²) in [6, 6.07) is 10.5. The fourth-order valence-electron chi connectivity index (χ4n) is 2.07. The van der Waals surface area contributed by atoms with Gasteiger partial charge >= 0.3 is 0 Å². The molecule has 3 aromatic rings. The van der Waals surface area contributed by atoms with Crippen LogP contribution in [-0.2, 0) is 6.54 Å². The Hall–Kier alpha value is -2.43. The van der Waals surface area contributed by atoms with E-state index in [0.29, 0.717) is 18.5 Å². The lowest BCUT2D eigenvalue weighted by Gasteiger charge is -2.08. The van der Waals surface area contributed by atoms with E-state index in [4.69, 9.17) is 0 Å². The van der Waals surface area contributed by atoms with E-state index in [1.54, 1.807) is 6.20 Å². The molecule has 2 aromatic heterocycles. The van der Waals surface area contributed by atoms with E-state index in [1.807, 2.05) is 29.1 Å². The van der Waals surface area contributed by atoms with Crippen LogP contribution in [0.5, 0.6) is 0 Å². The van der Waals surface area contributed by atoms with E-state index in [1.165, 1.54) is 5.56 Å². The number of anilines is 1. The summed E-state index contributed by atoms with van der Waals surface area (Å²) in [4.78, 5) is 13.2. The summed E-state index contributed by atoms with van der Waals surface area (Å²) in [6.07, 6.45) is 3.57. The third-order valence-corrected chi connectivity index (χ3v) is 3.17. The fraction of sp³-hybridized carbons (Fsp3) is 0.267. The predicted molar refractivity (Wildman–Crippen MR) is 79.5 cm³/mol. The summed E-state index contributed by atoms with van der Waals surface area (Å²) in [5, 5.41) is 3.25. The lowest BCUT2D eigenvalue weighted by molar-refractivity contribution is 0.613. The highest BCUT2D eigenvalue weighted by Crippen LogP contribution is 2.16. The van der Waals surface area contributed by atoms with Gasteiger partial charge in [-0.3, -0.25) is 0 Å². The van der Waals surface area contributed by atoms with Crippen LogP contribution in [0.4, 0.5) is 5.95 Å². The molecule has 0 unspecified atom stereocenters. The standard InChI is InChI=1S/C15H17N5/c1-11(2)20-10-18-13-9-17-15(19-14(13)20)16-8-12-6-4-3-5-7-12/h3-7,9-11H,8H2,1-2H3,(H,16,17,19). The number of hydrogen-bond donors (Lipinski definition) is 1. The van der Waals surface area contributed by atoms with Crippen LogP contribution in [0.2, 0.25) is 0 Å². The highest BCUT2D eigenvalue weighted by atomic mass is 15.2. The molecule has 5 heteroatoms. The second-order valence-corrected chi connectivity index (χ2v) is 4.99. The van der Waals surface area contributed by atoms with E-state index < -0.39 is 0 Å². The van der Waals surface area contributed by atoms with E-state index in [9.17, 15) is 0 Å². The molecule has 0 aliphatic heterocycles. The van der Waals surface area contributed by atoms with E-state index in [-0.39, 0.29) is 0 Å². The third-order valence-electron chi connectivity index (χ3n) is 3.17. The van der Waals surface area contributed by atoms with Gasteiger partial charge in [0.25, 0.3) is 0 Å². The normalized spacial score (nSPS) is 11.2. The lowest BCUT2D eigenvalue weighted by Crippen LogP contribution is -2.05. The van der Waals surface area contributed by atoms with Crippen LogP contribution in [0, 0.1) is 0 Å². The molecule has 20 heavy (non-hydrogen) atoms. The Balaban J connectivity index is 1.83. The first-order valence-corrected chi connectivity index (χ1v) is 6.71. The van der Waals surface area contributed by atoms with Gasteiger partial charge in [-0.15, -0.1) is 0 Å². The molecule has 0 radical (unpaired) electrons. The molecule has 5 nitrogen and oxygen atoms in total. The number of rotatable bonds is 4. The van der Waals surface area contributed by atoms with Gasteiger partial charge in [0, 0.05) is 12.6 Å². The Labute approximate surface area is 117 Å². The second-order valence-electron chi connectivity index (χ2n) is 4.99. The molecule has 0 spiro atoms. The molecule has 1 N–H and O–H groups in total. The van der Waals surface area contributed by atoms with Gasteiger partial charge in [0.2, 0.25) is 5.95 Å². The molecule has 0 atom stereocenters. The van der Waals surface area contributed by atoms with Gasteiger partial charge in [0.15, 0.2) is 5.65 Å². The van der Waals surface area contributed by atoms with Gasteiger partial charge in [-0.1, -0.05) is 30.3 Å². The van der Waals surface area contributed by atoms with Crippen molar-refractivity contribution in [2.75, 3.05) is 5.32 Å². The van der Waals surface area contributed by atoms with Crippen molar-refractivity contribution in [2.45, 2.75) is 26.4 Å². The molecule has 1 aromatic carbocycles. The van der Waals surface area contributed by atoms with Crippen molar-refractivity contribution >= 4 is 17.1 Å². The first-order valence-electron chi connectivity index (χ1n) is 6.71. The Morgan fingerprint density at radius 2 is 1.95 bits per heavy atom. The van der Waals surface area contributed by atoms with Gasteiger partial charge < -0.3 is 9.88 Å². The van der Waals surface area contributed by atoms with Crippen LogP contribution in [-0.4, -0.2) is 19.5 Å². The van der Waals surface area contributed by atoms with Gasteiger partial charge in [0.05, 0.1) is 12.5 Å². The average molecular weight is 267 g/mol. The maximum absolute atomic E-state index is 4.55. The zero-order valence-electron chi connectivity index (χ0n) is 11.6. The van der Waals surface area contributed by atoms with Gasteiger partial charge in [-0.05, 0) is 19.4 Å². The predicted octanol–water partition coefficient (Wildman–Crippen LogP) is 3.02. The van der Waals surface area contributed by atoms with Crippen molar-refractivity contribution in [1.29, 1.82) is 0 Å². The number of imidazole rings is 1. The van der Waals surface area contributed by atoms with Crippen LogP contribution in [0.3, 0.4) is 0 Å². The zero-order valence-corrected chi connectivity index (χ0v) is 11.6. The molecule has 0 saturated carbocycles. The minimum Gasteiger partial charge on any atom is -0.350 e. The van der Waals surface area contributed by atoms with E-state index >= 15 is 0 Å². The molecule has 0 saturated heterocycles. The summed E-state index contributed by atoms with van der Waals surface area (Å²) in [6.45, 7) is 4.93. The quantitative estimate of drug-likeness (QED) is 0.789. The fourth-order valence-corrected chi connectivity index (χ4v) is 2.07. The lowest BCUT2D eigenvalue weighted by atomic mass is 10.2. The molecule has 2 heterocycles. The molecule has 3 rings (SSSR count). The van der Waals surface area contributed by atoms with Crippen molar-refractivity contribution in [3.8, 4) is 0 Å². The number of nitrogens with zero attached hydrogens (tertiary/aromatic N) is 4. The molecular weight excluding hydrogens is 250 g/mol. The highest BCUT2D eigenvalue weighted by molar-refractivity contribution is 5.71. The maximum atomic E-state index is 4.55. The first kappa shape index (κ1) is 12.6. The minimum absolute atomic E-state index is 0.330. The van der Waals surface area contributed by atoms with Crippen LogP contribution in [0.1, 0.15) is 25.5 Å². The molecule has 0 amide bonds. The number of fused-ring (bicyclic) bond motifs is 1. The van der Waals surface area contributed by atoms with Crippen molar-refractivity contribution in [2.24, 2.45) is 0 Å². The Bertz CT molecular complexity index is 703. The SMILES string of the molecule is CC(C)n1cnc2cnc(NCc3ccccc3)nc21. The summed E-state index contributed by atoms with van der Waals surface area (Å²) in [7, 11) is 0. The smallest absolute Gasteiger partial charge is 0.225 e. The van der Waals surface area contributed by atoms with Crippen molar-refractivity contribution in [3.05, 3.63) is 48.4 Å².